The maximum Gasteiger partial charge on any atom is 0.273 e. The molecule has 1 aliphatic heterocycles. The van der Waals surface area contributed by atoms with E-state index in [2.05, 4.69) is 27.3 Å². The minimum absolute atomic E-state index is 0.0131. The molecule has 0 saturated carbocycles. The van der Waals surface area contributed by atoms with E-state index in [4.69, 9.17) is 27.9 Å². The van der Waals surface area contributed by atoms with E-state index in [1.165, 1.54) is 23.1 Å². The van der Waals surface area contributed by atoms with Crippen LogP contribution in [0.2, 0.25) is 10.0 Å². The number of thioether (sulfide) groups is 1. The zero-order valence-corrected chi connectivity index (χ0v) is 23.4. The lowest BCUT2D eigenvalue weighted by atomic mass is 10.1. The molecule has 2 unspecified atom stereocenters. The summed E-state index contributed by atoms with van der Waals surface area (Å²) in [5.41, 5.74) is 2.43. The molecule has 1 aliphatic rings. The molecule has 37 heavy (non-hydrogen) atoms. The second-order valence-electron chi connectivity index (χ2n) is 8.88. The summed E-state index contributed by atoms with van der Waals surface area (Å²) in [5.74, 6) is 1.29. The molecule has 2 aromatic carbocycles. The topological polar surface area (TPSA) is 73.1 Å². The lowest BCUT2D eigenvalue weighted by Crippen LogP contribution is -2.48. The molecule has 2 aromatic heterocycles. The molecule has 7 nitrogen and oxygen atoms in total. The third-order valence-electron chi connectivity index (χ3n) is 5.87. The molecule has 0 bridgehead atoms. The van der Waals surface area contributed by atoms with Gasteiger partial charge in [0, 0.05) is 24.9 Å². The third-order valence-corrected chi connectivity index (χ3v) is 8.58. The van der Waals surface area contributed by atoms with Gasteiger partial charge in [0.2, 0.25) is 0 Å². The van der Waals surface area contributed by atoms with Crippen molar-refractivity contribution < 1.29 is 9.53 Å². The van der Waals surface area contributed by atoms with Crippen LogP contribution in [0.5, 0.6) is 0 Å². The molecule has 3 heterocycles. The van der Waals surface area contributed by atoms with E-state index in [0.29, 0.717) is 46.2 Å². The molecule has 1 saturated heterocycles. The van der Waals surface area contributed by atoms with Crippen molar-refractivity contribution in [2.24, 2.45) is 0 Å². The molecule has 1 fully saturated rings. The lowest BCUT2D eigenvalue weighted by Gasteiger charge is -2.34. The van der Waals surface area contributed by atoms with Crippen molar-refractivity contribution in [2.45, 2.75) is 43.4 Å². The predicted molar refractivity (Wildman–Crippen MR) is 148 cm³/mol. The number of morpholine rings is 1. The van der Waals surface area contributed by atoms with Gasteiger partial charge >= 0.3 is 0 Å². The Morgan fingerprint density at radius 1 is 1.08 bits per heavy atom. The maximum atomic E-state index is 13.0. The lowest BCUT2D eigenvalue weighted by molar-refractivity contribution is -0.0587. The van der Waals surface area contributed by atoms with Gasteiger partial charge in [-0.2, -0.15) is 0 Å². The van der Waals surface area contributed by atoms with Crippen molar-refractivity contribution in [2.75, 3.05) is 13.1 Å². The van der Waals surface area contributed by atoms with Crippen LogP contribution >= 0.6 is 46.3 Å². The first-order valence-electron chi connectivity index (χ1n) is 11.8. The van der Waals surface area contributed by atoms with E-state index >= 15 is 0 Å². The molecular formula is C26H25Cl2N5O2S2. The molecule has 0 spiro atoms. The van der Waals surface area contributed by atoms with Crippen LogP contribution < -0.4 is 0 Å². The zero-order valence-electron chi connectivity index (χ0n) is 20.3. The van der Waals surface area contributed by atoms with Crippen LogP contribution in [0.3, 0.4) is 0 Å². The largest absolute Gasteiger partial charge is 0.372 e. The molecular weight excluding hydrogens is 549 g/mol. The van der Waals surface area contributed by atoms with Crippen molar-refractivity contribution in [3.8, 4) is 5.69 Å². The SMILES string of the molecule is CC1CN(C(=O)c2csc(CSc3nnc(Cc4ccccc4)n3-c3ccc(Cl)c(Cl)c3)n2)CC(C)O1. The quantitative estimate of drug-likeness (QED) is 0.246. The molecule has 2 atom stereocenters. The number of rotatable bonds is 7. The Balaban J connectivity index is 1.35. The number of aromatic nitrogens is 4. The number of thiazole rings is 1. The Morgan fingerprint density at radius 3 is 2.57 bits per heavy atom. The van der Waals surface area contributed by atoms with Crippen molar-refractivity contribution in [3.63, 3.8) is 0 Å². The fraction of sp³-hybridized carbons (Fsp3) is 0.308. The number of carbonyl (C=O) groups is 1. The second kappa shape index (κ2) is 11.5. The number of halogens is 2. The number of amides is 1. The molecule has 0 radical (unpaired) electrons. The van der Waals surface area contributed by atoms with Gasteiger partial charge in [0.15, 0.2) is 5.16 Å². The van der Waals surface area contributed by atoms with Gasteiger partial charge in [-0.3, -0.25) is 9.36 Å². The van der Waals surface area contributed by atoms with Crippen molar-refractivity contribution in [1.29, 1.82) is 0 Å². The molecule has 192 valence electrons. The normalized spacial score (nSPS) is 17.8. The van der Waals surface area contributed by atoms with E-state index < -0.39 is 0 Å². The summed E-state index contributed by atoms with van der Waals surface area (Å²) < 4.78 is 7.75. The molecule has 4 aromatic rings. The van der Waals surface area contributed by atoms with Gasteiger partial charge in [0.1, 0.15) is 16.5 Å². The van der Waals surface area contributed by atoms with E-state index in [1.54, 1.807) is 6.07 Å². The summed E-state index contributed by atoms with van der Waals surface area (Å²) in [5, 5.41) is 13.3. The summed E-state index contributed by atoms with van der Waals surface area (Å²) in [6.07, 6.45) is 0.638. The van der Waals surface area contributed by atoms with Crippen LogP contribution in [0, 0.1) is 0 Å². The van der Waals surface area contributed by atoms with Gasteiger partial charge in [-0.15, -0.1) is 21.5 Å². The molecule has 0 aliphatic carbocycles. The average molecular weight is 575 g/mol. The van der Waals surface area contributed by atoms with E-state index in [0.717, 1.165) is 22.1 Å². The van der Waals surface area contributed by atoms with E-state index in [1.807, 2.05) is 59.0 Å². The highest BCUT2D eigenvalue weighted by Crippen LogP contribution is 2.31. The minimum Gasteiger partial charge on any atom is -0.372 e. The monoisotopic (exact) mass is 573 g/mol. The summed E-state index contributed by atoms with van der Waals surface area (Å²) in [7, 11) is 0. The van der Waals surface area contributed by atoms with Crippen LogP contribution in [-0.4, -0.2) is 55.9 Å². The van der Waals surface area contributed by atoms with Crippen LogP contribution in [0.4, 0.5) is 0 Å². The van der Waals surface area contributed by atoms with Gasteiger partial charge < -0.3 is 9.64 Å². The predicted octanol–water partition coefficient (Wildman–Crippen LogP) is 6.16. The standard InChI is InChI=1S/C26H25Cl2N5O2S2/c1-16-12-32(13-17(2)35-16)25(34)22-14-36-24(29-22)15-37-26-31-30-23(10-18-6-4-3-5-7-18)33(26)19-8-9-20(27)21(28)11-19/h3-9,11,14,16-17H,10,12-13,15H2,1-2H3. The first kappa shape index (κ1) is 26.2. The van der Waals surface area contributed by atoms with Gasteiger partial charge in [-0.1, -0.05) is 65.3 Å². The molecule has 0 N–H and O–H groups in total. The Hall–Kier alpha value is -2.43. The Morgan fingerprint density at radius 2 is 1.84 bits per heavy atom. The van der Waals surface area contributed by atoms with Crippen molar-refractivity contribution >= 4 is 52.2 Å². The summed E-state index contributed by atoms with van der Waals surface area (Å²) in [6, 6.07) is 15.6. The van der Waals surface area contributed by atoms with Crippen LogP contribution in [-0.2, 0) is 16.9 Å². The Kier molecular flexibility index (Phi) is 8.16. The number of nitrogens with zero attached hydrogens (tertiary/aromatic N) is 5. The van der Waals surface area contributed by atoms with Gasteiger partial charge in [0.25, 0.3) is 5.91 Å². The number of ether oxygens (including phenoxy) is 1. The number of hydrogen-bond acceptors (Lipinski definition) is 7. The van der Waals surface area contributed by atoms with Crippen molar-refractivity contribution in [3.05, 3.63) is 86.0 Å². The third kappa shape index (κ3) is 6.18. The van der Waals surface area contributed by atoms with Crippen LogP contribution in [0.25, 0.3) is 5.69 Å². The molecule has 5 rings (SSSR count). The number of hydrogen-bond donors (Lipinski definition) is 0. The summed E-state index contributed by atoms with van der Waals surface area (Å²) in [6.45, 7) is 5.10. The number of benzene rings is 2. The fourth-order valence-electron chi connectivity index (χ4n) is 4.28. The van der Waals surface area contributed by atoms with Crippen molar-refractivity contribution in [1.82, 2.24) is 24.6 Å². The Labute approximate surface area is 233 Å². The van der Waals surface area contributed by atoms with Gasteiger partial charge in [0.05, 0.1) is 33.7 Å². The zero-order chi connectivity index (χ0) is 25.9. The van der Waals surface area contributed by atoms with Gasteiger partial charge in [-0.05, 0) is 37.6 Å². The maximum absolute atomic E-state index is 13.0. The highest BCUT2D eigenvalue weighted by atomic mass is 35.5. The minimum atomic E-state index is -0.0568. The molecule has 1 amide bonds. The first-order chi connectivity index (χ1) is 17.9. The van der Waals surface area contributed by atoms with Gasteiger partial charge in [-0.25, -0.2) is 4.98 Å². The fourth-order valence-corrected chi connectivity index (χ4v) is 6.33. The highest BCUT2D eigenvalue weighted by Gasteiger charge is 2.28. The van der Waals surface area contributed by atoms with Crippen LogP contribution in [0.15, 0.2) is 59.1 Å². The number of carbonyl (C=O) groups excluding carboxylic acids is 1. The second-order valence-corrected chi connectivity index (χ2v) is 11.6. The summed E-state index contributed by atoms with van der Waals surface area (Å²) in [4.78, 5) is 19.5. The smallest absolute Gasteiger partial charge is 0.273 e. The first-order valence-corrected chi connectivity index (χ1v) is 14.4. The van der Waals surface area contributed by atoms with E-state index in [-0.39, 0.29) is 18.1 Å². The molecule has 11 heteroatoms. The van der Waals surface area contributed by atoms with E-state index in [9.17, 15) is 4.79 Å². The average Bonchev–Trinajstić information content (AvgIpc) is 3.51. The van der Waals surface area contributed by atoms with Crippen LogP contribution in [0.1, 0.15) is 40.7 Å². The highest BCUT2D eigenvalue weighted by molar-refractivity contribution is 7.98. The summed E-state index contributed by atoms with van der Waals surface area (Å²) >= 11 is 15.5. The Bertz CT molecular complexity index is 1380.